The molecule has 0 radical (unpaired) electrons. The van der Waals surface area contributed by atoms with Gasteiger partial charge >= 0.3 is 20.4 Å². The van der Waals surface area contributed by atoms with Crippen molar-refractivity contribution >= 4 is 21.8 Å². The summed E-state index contributed by atoms with van der Waals surface area (Å²) in [5.74, 6) is 2.92. The summed E-state index contributed by atoms with van der Waals surface area (Å²) in [6.07, 6.45) is 3.47. The summed E-state index contributed by atoms with van der Waals surface area (Å²) in [6.45, 7) is 10.7. The third-order valence-corrected chi connectivity index (χ3v) is 8.60. The van der Waals surface area contributed by atoms with Gasteiger partial charge < -0.3 is 14.0 Å². The topological polar surface area (TPSA) is 54.1 Å². The number of methoxy groups -OCH3 is 1. The largest absolute Gasteiger partial charge is 2.00 e. The zero-order chi connectivity index (χ0) is 31.9. The van der Waals surface area contributed by atoms with Crippen molar-refractivity contribution in [1.29, 1.82) is 0 Å². The summed E-state index contributed by atoms with van der Waals surface area (Å²) in [7, 11) is 1.71. The van der Waals surface area contributed by atoms with Gasteiger partial charge in [-0.2, -0.15) is 17.2 Å². The number of ether oxygens (including phenoxy) is 2. The van der Waals surface area contributed by atoms with Gasteiger partial charge in [0.1, 0.15) is 11.6 Å². The average molecular weight is 711 g/mol. The Balaban J connectivity index is 0.00000386. The zero-order valence-electron chi connectivity index (χ0n) is 27.4. The van der Waals surface area contributed by atoms with Crippen LogP contribution in [0.1, 0.15) is 41.9 Å². The van der Waals surface area contributed by atoms with E-state index in [2.05, 4.69) is 99.8 Å². The predicted octanol–water partition coefficient (Wildman–Crippen LogP) is 9.48. The molecule has 0 aliphatic carbocycles. The first-order valence-corrected chi connectivity index (χ1v) is 15.8. The Hall–Kier alpha value is -4.70. The summed E-state index contributed by atoms with van der Waals surface area (Å²) in [5.41, 5.74) is 10.9. The van der Waals surface area contributed by atoms with Gasteiger partial charge in [-0.25, -0.2) is 4.98 Å². The summed E-state index contributed by atoms with van der Waals surface area (Å²) in [5, 5.41) is 7.36. The van der Waals surface area contributed by atoms with Crippen LogP contribution in [0.3, 0.4) is 0 Å². The smallest absolute Gasteiger partial charge is 0.509 e. The van der Waals surface area contributed by atoms with Gasteiger partial charge in [-0.3, -0.25) is 4.68 Å². The van der Waals surface area contributed by atoms with Gasteiger partial charge in [-0.1, -0.05) is 37.6 Å². The van der Waals surface area contributed by atoms with Gasteiger partial charge in [0.2, 0.25) is 0 Å². The van der Waals surface area contributed by atoms with Crippen molar-refractivity contribution in [2.24, 2.45) is 0 Å². The van der Waals surface area contributed by atoms with E-state index in [0.29, 0.717) is 11.5 Å². The number of fused-ring (bicyclic) bond motifs is 3. The quantitative estimate of drug-likeness (QED) is 0.117. The second-order valence-corrected chi connectivity index (χ2v) is 11.7. The molecule has 0 N–H and O–H groups in total. The number of para-hydroxylation sites is 1. The van der Waals surface area contributed by atoms with Crippen molar-refractivity contribution < 1.29 is 29.9 Å². The minimum Gasteiger partial charge on any atom is -0.509 e. The Morgan fingerprint density at radius 1 is 0.766 bits per heavy atom. The van der Waals surface area contributed by atoms with Gasteiger partial charge in [0.25, 0.3) is 0 Å². The normalized spacial score (nSPS) is 11.2. The van der Waals surface area contributed by atoms with Gasteiger partial charge in [0, 0.05) is 34.5 Å². The summed E-state index contributed by atoms with van der Waals surface area (Å²) in [4.78, 5) is 4.69. The van der Waals surface area contributed by atoms with Crippen LogP contribution in [0, 0.1) is 32.9 Å². The standard InChI is InChI=1S/C40H36N4O2.Pd/c1-7-34-40(39-26(4)21-31(45-6)22-27(39)5)35(8-2)44(42-34)28-12-11-13-29(23-28)46-30-16-17-33-32-14-9-10-15-36(32)43(37(33)24-30)38-20-25(3)18-19-41-38;/h9-22H,7-8H2,1-6H3;/q-2;+2. The molecule has 0 saturated heterocycles. The molecule has 0 amide bonds. The molecule has 3 aromatic heterocycles. The van der Waals surface area contributed by atoms with E-state index in [4.69, 9.17) is 19.6 Å². The average Bonchev–Trinajstić information content (AvgIpc) is 3.59. The molecule has 3 heterocycles. The molecule has 0 aliphatic heterocycles. The Kier molecular flexibility index (Phi) is 9.05. The SMILES string of the molecule is CCc1nn(-c2[c-]c(Oc3[c-]c4c(cc3)c3ccccc3n4-c3cc(C)ccn3)ccc2)c(CC)c1-c1c(C)cc(OC)cc1C.[Pd+2]. The van der Waals surface area contributed by atoms with E-state index < -0.39 is 0 Å². The van der Waals surface area contributed by atoms with E-state index in [-0.39, 0.29) is 20.4 Å². The Morgan fingerprint density at radius 3 is 2.26 bits per heavy atom. The fraction of sp³-hybridized carbons (Fsp3) is 0.200. The van der Waals surface area contributed by atoms with Crippen molar-refractivity contribution in [2.75, 3.05) is 7.11 Å². The van der Waals surface area contributed by atoms with Crippen molar-refractivity contribution in [1.82, 2.24) is 19.3 Å². The number of benzene rings is 4. The van der Waals surface area contributed by atoms with Crippen LogP contribution in [0.15, 0.2) is 85.1 Å². The number of hydrogen-bond acceptors (Lipinski definition) is 4. The van der Waals surface area contributed by atoms with Crippen LogP contribution in [-0.4, -0.2) is 26.4 Å². The van der Waals surface area contributed by atoms with E-state index in [9.17, 15) is 0 Å². The maximum atomic E-state index is 6.44. The van der Waals surface area contributed by atoms with Gasteiger partial charge in [0.05, 0.1) is 12.8 Å². The monoisotopic (exact) mass is 710 g/mol. The maximum absolute atomic E-state index is 6.44. The first-order valence-electron chi connectivity index (χ1n) is 15.8. The van der Waals surface area contributed by atoms with Crippen LogP contribution in [-0.2, 0) is 33.3 Å². The van der Waals surface area contributed by atoms with Crippen LogP contribution in [0.4, 0.5) is 0 Å². The molecule has 0 fully saturated rings. The Morgan fingerprint density at radius 2 is 1.53 bits per heavy atom. The van der Waals surface area contributed by atoms with E-state index in [1.54, 1.807) is 7.11 Å². The molecule has 47 heavy (non-hydrogen) atoms. The third kappa shape index (κ3) is 5.75. The number of aryl methyl sites for hydroxylation is 4. The van der Waals surface area contributed by atoms with Crippen LogP contribution in [0.2, 0.25) is 0 Å². The molecule has 0 bridgehead atoms. The van der Waals surface area contributed by atoms with E-state index in [1.807, 2.05) is 41.2 Å². The van der Waals surface area contributed by atoms with Crippen molar-refractivity contribution in [2.45, 2.75) is 47.5 Å². The molecular formula is C40H36N4O2Pd. The molecule has 4 aromatic carbocycles. The fourth-order valence-electron chi connectivity index (χ4n) is 6.55. The van der Waals surface area contributed by atoms with Crippen LogP contribution in [0.5, 0.6) is 17.2 Å². The maximum Gasteiger partial charge on any atom is 2.00 e. The van der Waals surface area contributed by atoms with Crippen molar-refractivity contribution in [3.05, 3.63) is 125 Å². The molecule has 6 nitrogen and oxygen atoms in total. The minimum absolute atomic E-state index is 0. The van der Waals surface area contributed by atoms with Gasteiger partial charge in [0.15, 0.2) is 0 Å². The van der Waals surface area contributed by atoms with Crippen LogP contribution in [0.25, 0.3) is 44.4 Å². The van der Waals surface area contributed by atoms with Crippen molar-refractivity contribution in [3.63, 3.8) is 0 Å². The molecule has 0 atom stereocenters. The minimum atomic E-state index is 0. The fourth-order valence-corrected chi connectivity index (χ4v) is 6.55. The molecule has 7 rings (SSSR count). The molecule has 238 valence electrons. The number of aromatic nitrogens is 4. The van der Waals surface area contributed by atoms with E-state index in [1.165, 1.54) is 22.3 Å². The summed E-state index contributed by atoms with van der Waals surface area (Å²) < 4.78 is 16.2. The summed E-state index contributed by atoms with van der Waals surface area (Å²) in [6, 6.07) is 33.7. The first-order chi connectivity index (χ1) is 22.4. The number of hydrogen-bond donors (Lipinski definition) is 0. The second-order valence-electron chi connectivity index (χ2n) is 11.7. The zero-order valence-corrected chi connectivity index (χ0v) is 29.0. The van der Waals surface area contributed by atoms with Crippen LogP contribution >= 0.6 is 0 Å². The van der Waals surface area contributed by atoms with E-state index in [0.717, 1.165) is 68.9 Å². The van der Waals surface area contributed by atoms with E-state index >= 15 is 0 Å². The predicted molar refractivity (Wildman–Crippen MR) is 185 cm³/mol. The molecule has 0 saturated carbocycles. The summed E-state index contributed by atoms with van der Waals surface area (Å²) >= 11 is 0. The second kappa shape index (κ2) is 13.2. The molecule has 0 aliphatic rings. The Labute approximate surface area is 289 Å². The van der Waals surface area contributed by atoms with Gasteiger partial charge in [-0.15, -0.1) is 35.7 Å². The third-order valence-electron chi connectivity index (χ3n) is 8.60. The molecule has 7 aromatic rings. The molecule has 0 unspecified atom stereocenters. The first kappa shape index (κ1) is 32.3. The van der Waals surface area contributed by atoms with Crippen molar-refractivity contribution in [3.8, 4) is 39.9 Å². The number of nitrogens with zero attached hydrogens (tertiary/aromatic N) is 4. The Bertz CT molecular complexity index is 2220. The molecule has 0 spiro atoms. The van der Waals surface area contributed by atoms with Crippen LogP contribution < -0.4 is 9.47 Å². The number of pyridine rings is 1. The molecular weight excluding hydrogens is 675 g/mol. The number of rotatable bonds is 8. The van der Waals surface area contributed by atoms with Gasteiger partial charge in [-0.05, 0) is 97.3 Å². The molecule has 7 heteroatoms.